The third-order valence-electron chi connectivity index (χ3n) is 1.88. The lowest BCUT2D eigenvalue weighted by atomic mass is 10.3. The van der Waals surface area contributed by atoms with Gasteiger partial charge in [0.1, 0.15) is 0 Å². The van der Waals surface area contributed by atoms with Crippen molar-refractivity contribution in [3.8, 4) is 0 Å². The summed E-state index contributed by atoms with van der Waals surface area (Å²) in [5.41, 5.74) is 2.43. The number of hydrogen-bond donors (Lipinski definition) is 0. The van der Waals surface area contributed by atoms with Crippen LogP contribution in [0.25, 0.3) is 5.52 Å². The number of hydrogen-bond acceptors (Lipinski definition) is 1. The van der Waals surface area contributed by atoms with Crippen LogP contribution in [0, 0.1) is 0 Å². The molecule has 2 aromatic heterocycles. The van der Waals surface area contributed by atoms with Crippen LogP contribution < -0.4 is 0 Å². The summed E-state index contributed by atoms with van der Waals surface area (Å²) in [6.45, 7) is 2.14. The fourth-order valence-electron chi connectivity index (χ4n) is 1.28. The second-order valence-electron chi connectivity index (χ2n) is 2.56. The molecular weight excluding hydrogens is 136 g/mol. The first-order valence-electron chi connectivity index (χ1n) is 3.82. The summed E-state index contributed by atoms with van der Waals surface area (Å²) < 4.78 is 2.16. The van der Waals surface area contributed by atoms with Crippen molar-refractivity contribution >= 4 is 5.52 Å². The minimum Gasteiger partial charge on any atom is -0.318 e. The maximum absolute atomic E-state index is 4.14. The first-order valence-corrected chi connectivity index (χ1v) is 3.82. The van der Waals surface area contributed by atoms with E-state index in [1.807, 2.05) is 18.5 Å². The van der Waals surface area contributed by atoms with Crippen LogP contribution in [0.1, 0.15) is 12.6 Å². The van der Waals surface area contributed by atoms with E-state index in [4.69, 9.17) is 0 Å². The summed E-state index contributed by atoms with van der Waals surface area (Å²) in [6, 6.07) is 4.10. The molecule has 11 heavy (non-hydrogen) atoms. The lowest BCUT2D eigenvalue weighted by Gasteiger charge is -2.00. The predicted octanol–water partition coefficient (Wildman–Crippen LogP) is 1.90. The number of aromatic nitrogens is 2. The van der Waals surface area contributed by atoms with Crippen LogP contribution in [0.3, 0.4) is 0 Å². The molecule has 0 amide bonds. The molecule has 0 radical (unpaired) electrons. The summed E-state index contributed by atoms with van der Waals surface area (Å²) in [5, 5.41) is 0. The van der Waals surface area contributed by atoms with Crippen LogP contribution >= 0.6 is 0 Å². The highest BCUT2D eigenvalue weighted by Gasteiger charge is 1.95. The van der Waals surface area contributed by atoms with Gasteiger partial charge in [0, 0.05) is 18.1 Å². The molecule has 0 aliphatic rings. The number of rotatable bonds is 1. The molecule has 0 fully saturated rings. The fraction of sp³-hybridized carbons (Fsp3) is 0.222. The van der Waals surface area contributed by atoms with Crippen LogP contribution in [-0.4, -0.2) is 9.38 Å². The molecule has 0 spiro atoms. The summed E-state index contributed by atoms with van der Waals surface area (Å²) in [6.07, 6.45) is 6.88. The molecular formula is C9H10N2. The van der Waals surface area contributed by atoms with Gasteiger partial charge in [0.25, 0.3) is 0 Å². The zero-order valence-electron chi connectivity index (χ0n) is 6.49. The molecule has 0 unspecified atom stereocenters. The Labute approximate surface area is 65.5 Å². The molecule has 0 bridgehead atoms. The van der Waals surface area contributed by atoms with Crippen LogP contribution in [0.15, 0.2) is 30.7 Å². The molecule has 0 aromatic carbocycles. The van der Waals surface area contributed by atoms with Crippen molar-refractivity contribution in [1.29, 1.82) is 0 Å². The van der Waals surface area contributed by atoms with E-state index in [1.165, 1.54) is 11.2 Å². The summed E-state index contributed by atoms with van der Waals surface area (Å²) in [4.78, 5) is 4.14. The number of nitrogens with zero attached hydrogens (tertiary/aromatic N) is 2. The second-order valence-corrected chi connectivity index (χ2v) is 2.56. The van der Waals surface area contributed by atoms with Crippen molar-refractivity contribution in [3.63, 3.8) is 0 Å². The van der Waals surface area contributed by atoms with Crippen molar-refractivity contribution in [3.05, 3.63) is 36.4 Å². The minimum absolute atomic E-state index is 1.03. The van der Waals surface area contributed by atoms with Gasteiger partial charge < -0.3 is 4.40 Å². The monoisotopic (exact) mass is 146 g/mol. The van der Waals surface area contributed by atoms with E-state index < -0.39 is 0 Å². The van der Waals surface area contributed by atoms with Crippen LogP contribution in [0.5, 0.6) is 0 Å². The molecule has 2 heterocycles. The molecule has 2 nitrogen and oxygen atoms in total. The summed E-state index contributed by atoms with van der Waals surface area (Å²) >= 11 is 0. The van der Waals surface area contributed by atoms with E-state index in [0.29, 0.717) is 0 Å². The lowest BCUT2D eigenvalue weighted by molar-refractivity contribution is 0.957. The van der Waals surface area contributed by atoms with E-state index in [2.05, 4.69) is 28.6 Å². The van der Waals surface area contributed by atoms with E-state index in [9.17, 15) is 0 Å². The quantitative estimate of drug-likeness (QED) is 0.600. The van der Waals surface area contributed by atoms with Crippen molar-refractivity contribution in [1.82, 2.24) is 9.38 Å². The molecule has 0 saturated carbocycles. The normalized spacial score (nSPS) is 10.6. The SMILES string of the molecule is CCc1cncc2cccn12. The molecule has 0 atom stereocenters. The zero-order chi connectivity index (χ0) is 7.68. The Kier molecular flexibility index (Phi) is 1.39. The maximum atomic E-state index is 4.14. The Balaban J connectivity index is 2.79. The topological polar surface area (TPSA) is 17.3 Å². The van der Waals surface area contributed by atoms with Crippen molar-refractivity contribution in [2.45, 2.75) is 13.3 Å². The molecule has 0 aliphatic carbocycles. The highest BCUT2D eigenvalue weighted by atomic mass is 14.9. The Morgan fingerprint density at radius 1 is 1.45 bits per heavy atom. The number of aryl methyl sites for hydroxylation is 1. The van der Waals surface area contributed by atoms with Crippen molar-refractivity contribution in [2.75, 3.05) is 0 Å². The molecule has 0 aliphatic heterocycles. The summed E-state index contributed by atoms with van der Waals surface area (Å²) in [7, 11) is 0. The maximum Gasteiger partial charge on any atom is 0.0636 e. The lowest BCUT2D eigenvalue weighted by Crippen LogP contribution is -1.93. The van der Waals surface area contributed by atoms with E-state index in [0.717, 1.165) is 6.42 Å². The summed E-state index contributed by atoms with van der Waals surface area (Å²) in [5.74, 6) is 0. The standard InChI is InChI=1S/C9H10N2/c1-2-8-6-10-7-9-4-3-5-11(8)9/h3-7H,2H2,1H3. The average molecular weight is 146 g/mol. The van der Waals surface area contributed by atoms with Crippen molar-refractivity contribution in [2.24, 2.45) is 0 Å². The first-order chi connectivity index (χ1) is 5.42. The van der Waals surface area contributed by atoms with E-state index in [1.54, 1.807) is 0 Å². The van der Waals surface area contributed by atoms with Gasteiger partial charge in [-0.15, -0.1) is 0 Å². The van der Waals surface area contributed by atoms with Gasteiger partial charge in [-0.25, -0.2) is 0 Å². The van der Waals surface area contributed by atoms with Crippen LogP contribution in [0.4, 0.5) is 0 Å². The Morgan fingerprint density at radius 2 is 2.36 bits per heavy atom. The minimum atomic E-state index is 1.03. The smallest absolute Gasteiger partial charge is 0.0636 e. The van der Waals surface area contributed by atoms with Gasteiger partial charge in [0.2, 0.25) is 0 Å². The van der Waals surface area contributed by atoms with Gasteiger partial charge in [-0.05, 0) is 18.6 Å². The van der Waals surface area contributed by atoms with Crippen LogP contribution in [0.2, 0.25) is 0 Å². The molecule has 0 N–H and O–H groups in total. The molecule has 56 valence electrons. The van der Waals surface area contributed by atoms with Gasteiger partial charge in [0.15, 0.2) is 0 Å². The van der Waals surface area contributed by atoms with Gasteiger partial charge in [-0.2, -0.15) is 0 Å². The predicted molar refractivity (Wildman–Crippen MR) is 44.6 cm³/mol. The molecule has 0 saturated heterocycles. The van der Waals surface area contributed by atoms with Gasteiger partial charge in [0.05, 0.1) is 11.7 Å². The fourth-order valence-corrected chi connectivity index (χ4v) is 1.28. The molecule has 2 rings (SSSR count). The Bertz CT molecular complexity index is 362. The van der Waals surface area contributed by atoms with Gasteiger partial charge in [-0.1, -0.05) is 6.92 Å². The molecule has 2 heteroatoms. The Hall–Kier alpha value is -1.31. The van der Waals surface area contributed by atoms with Crippen LogP contribution in [-0.2, 0) is 6.42 Å². The zero-order valence-corrected chi connectivity index (χ0v) is 6.49. The second kappa shape index (κ2) is 2.38. The molecule has 2 aromatic rings. The van der Waals surface area contributed by atoms with Crippen molar-refractivity contribution < 1.29 is 0 Å². The largest absolute Gasteiger partial charge is 0.318 e. The average Bonchev–Trinajstić information content (AvgIpc) is 2.50. The van der Waals surface area contributed by atoms with E-state index >= 15 is 0 Å². The van der Waals surface area contributed by atoms with Gasteiger partial charge in [-0.3, -0.25) is 4.98 Å². The first kappa shape index (κ1) is 6.40. The Morgan fingerprint density at radius 3 is 3.18 bits per heavy atom. The third kappa shape index (κ3) is 0.909. The highest BCUT2D eigenvalue weighted by molar-refractivity contribution is 5.45. The van der Waals surface area contributed by atoms with Gasteiger partial charge >= 0.3 is 0 Å². The third-order valence-corrected chi connectivity index (χ3v) is 1.88. The number of fused-ring (bicyclic) bond motifs is 1. The van der Waals surface area contributed by atoms with E-state index in [-0.39, 0.29) is 0 Å². The highest BCUT2D eigenvalue weighted by Crippen LogP contribution is 2.06.